The highest BCUT2D eigenvalue weighted by Crippen LogP contribution is 2.44. The van der Waals surface area contributed by atoms with E-state index in [2.05, 4.69) is 34.9 Å². The number of alkyl carbamates (subject to hydrolysis) is 1. The molecule has 2 unspecified atom stereocenters. The molecule has 2 amide bonds. The number of amides is 2. The quantitative estimate of drug-likeness (QED) is 0.421. The third-order valence-electron chi connectivity index (χ3n) is 6.37. The molecule has 0 aliphatic heterocycles. The molecule has 7 nitrogen and oxygen atoms in total. The minimum absolute atomic E-state index is 0.0179. The zero-order chi connectivity index (χ0) is 24.7. The van der Waals surface area contributed by atoms with Gasteiger partial charge < -0.3 is 20.5 Å². The minimum Gasteiger partial charge on any atom is -0.481 e. The second kappa shape index (κ2) is 11.7. The van der Waals surface area contributed by atoms with Crippen LogP contribution in [0, 0.1) is 11.8 Å². The molecule has 2 aromatic carbocycles. The molecule has 0 bridgehead atoms. The number of nitrogens with one attached hydrogen (secondary N) is 2. The van der Waals surface area contributed by atoms with Crippen LogP contribution in [0.3, 0.4) is 0 Å². The van der Waals surface area contributed by atoms with Gasteiger partial charge in [-0.1, -0.05) is 62.4 Å². The normalized spacial score (nSPS) is 14.1. The van der Waals surface area contributed by atoms with Gasteiger partial charge in [-0.15, -0.1) is 0 Å². The molecule has 1 aliphatic rings. The fraction of sp³-hybridized carbons (Fsp3) is 0.444. The third kappa shape index (κ3) is 6.16. The summed E-state index contributed by atoms with van der Waals surface area (Å²) in [6.45, 7) is 6.05. The minimum atomic E-state index is -0.907. The first-order valence-electron chi connectivity index (χ1n) is 11.9. The van der Waals surface area contributed by atoms with E-state index < -0.39 is 24.0 Å². The van der Waals surface area contributed by atoms with Crippen LogP contribution in [-0.4, -0.2) is 42.3 Å². The van der Waals surface area contributed by atoms with Gasteiger partial charge in [0.25, 0.3) is 0 Å². The van der Waals surface area contributed by atoms with E-state index >= 15 is 0 Å². The highest BCUT2D eigenvalue weighted by atomic mass is 16.5. The number of unbranched alkanes of at least 4 members (excludes halogenated alkanes) is 1. The maximum atomic E-state index is 12.2. The number of hydrogen-bond acceptors (Lipinski definition) is 4. The van der Waals surface area contributed by atoms with E-state index in [1.807, 2.05) is 38.1 Å². The lowest BCUT2D eigenvalue weighted by Crippen LogP contribution is -2.43. The van der Waals surface area contributed by atoms with Crippen molar-refractivity contribution in [1.82, 2.24) is 10.6 Å². The van der Waals surface area contributed by atoms with E-state index in [0.29, 0.717) is 19.4 Å². The number of carboxylic acids is 1. The van der Waals surface area contributed by atoms with Gasteiger partial charge in [-0.25, -0.2) is 4.79 Å². The van der Waals surface area contributed by atoms with Crippen LogP contribution in [0.5, 0.6) is 0 Å². The Morgan fingerprint density at radius 3 is 2.09 bits per heavy atom. The molecule has 1 aliphatic carbocycles. The fourth-order valence-corrected chi connectivity index (χ4v) is 4.74. The van der Waals surface area contributed by atoms with Gasteiger partial charge in [0, 0.05) is 24.9 Å². The molecule has 2 aromatic rings. The number of aliphatic carboxylic acids is 1. The lowest BCUT2D eigenvalue weighted by Gasteiger charge is -2.24. The largest absolute Gasteiger partial charge is 0.481 e. The van der Waals surface area contributed by atoms with E-state index in [4.69, 9.17) is 4.74 Å². The van der Waals surface area contributed by atoms with Crippen molar-refractivity contribution >= 4 is 18.0 Å². The smallest absolute Gasteiger partial charge is 0.407 e. The molecule has 0 spiro atoms. The Morgan fingerprint density at radius 1 is 0.941 bits per heavy atom. The number of benzene rings is 2. The molecule has 0 saturated carbocycles. The summed E-state index contributed by atoms with van der Waals surface area (Å²) in [7, 11) is 0. The number of ether oxygens (including phenoxy) is 1. The third-order valence-corrected chi connectivity index (χ3v) is 6.37. The Morgan fingerprint density at radius 2 is 1.53 bits per heavy atom. The Bertz CT molecular complexity index is 974. The van der Waals surface area contributed by atoms with Gasteiger partial charge in [0.1, 0.15) is 6.61 Å². The van der Waals surface area contributed by atoms with Gasteiger partial charge in [0.2, 0.25) is 5.91 Å². The molecule has 0 heterocycles. The summed E-state index contributed by atoms with van der Waals surface area (Å²) in [5.74, 6) is -1.77. The van der Waals surface area contributed by atoms with Crippen LogP contribution in [0.4, 0.5) is 4.79 Å². The van der Waals surface area contributed by atoms with E-state index in [1.54, 1.807) is 6.92 Å². The van der Waals surface area contributed by atoms with E-state index in [9.17, 15) is 19.5 Å². The standard InChI is InChI=1S/C27H34N2O5/c1-17(2)25(26(31)32)18(3)29-24(30)14-8-9-15-28-27(33)34-16-23-21-12-6-4-10-19(21)20-11-5-7-13-22(20)23/h4-7,10-13,17-18,23,25H,8-9,14-16H2,1-3H3,(H,28,33)(H,29,30)(H,31,32). The predicted octanol–water partition coefficient (Wildman–Crippen LogP) is 4.56. The summed E-state index contributed by atoms with van der Waals surface area (Å²) in [5.41, 5.74) is 4.70. The summed E-state index contributed by atoms with van der Waals surface area (Å²) >= 11 is 0. The van der Waals surface area contributed by atoms with E-state index in [-0.39, 0.29) is 30.8 Å². The second-order valence-corrected chi connectivity index (χ2v) is 9.17. The number of carbonyl (C=O) groups is 3. The van der Waals surface area contributed by atoms with Crippen LogP contribution >= 0.6 is 0 Å². The van der Waals surface area contributed by atoms with Crippen molar-refractivity contribution in [1.29, 1.82) is 0 Å². The van der Waals surface area contributed by atoms with Gasteiger partial charge in [-0.05, 0) is 47.9 Å². The van der Waals surface area contributed by atoms with Gasteiger partial charge in [-0.3, -0.25) is 9.59 Å². The van der Waals surface area contributed by atoms with E-state index in [1.165, 1.54) is 22.3 Å². The van der Waals surface area contributed by atoms with Crippen molar-refractivity contribution in [3.8, 4) is 11.1 Å². The molecule has 3 rings (SSSR count). The molecule has 7 heteroatoms. The van der Waals surface area contributed by atoms with Gasteiger partial charge in [0.05, 0.1) is 5.92 Å². The van der Waals surface area contributed by atoms with Crippen molar-refractivity contribution in [2.24, 2.45) is 11.8 Å². The first-order valence-corrected chi connectivity index (χ1v) is 11.9. The Labute approximate surface area is 200 Å². The van der Waals surface area contributed by atoms with Crippen LogP contribution in [0.1, 0.15) is 57.1 Å². The maximum absolute atomic E-state index is 12.2. The number of carboxylic acid groups (broad SMARTS) is 1. The fourth-order valence-electron chi connectivity index (χ4n) is 4.74. The van der Waals surface area contributed by atoms with Crippen LogP contribution in [-0.2, 0) is 14.3 Å². The maximum Gasteiger partial charge on any atom is 0.407 e. The first-order chi connectivity index (χ1) is 16.3. The summed E-state index contributed by atoms with van der Waals surface area (Å²) in [6, 6.07) is 15.9. The van der Waals surface area contributed by atoms with Crippen LogP contribution in [0.2, 0.25) is 0 Å². The second-order valence-electron chi connectivity index (χ2n) is 9.17. The molecule has 0 radical (unpaired) electrons. The van der Waals surface area contributed by atoms with Crippen molar-refractivity contribution in [3.05, 3.63) is 59.7 Å². The Kier molecular flexibility index (Phi) is 8.68. The van der Waals surface area contributed by atoms with Crippen molar-refractivity contribution in [2.75, 3.05) is 13.2 Å². The van der Waals surface area contributed by atoms with Gasteiger partial charge >= 0.3 is 12.1 Å². The zero-order valence-electron chi connectivity index (χ0n) is 20.0. The lowest BCUT2D eigenvalue weighted by atomic mass is 9.89. The van der Waals surface area contributed by atoms with Gasteiger partial charge in [-0.2, -0.15) is 0 Å². The van der Waals surface area contributed by atoms with Crippen LogP contribution in [0.25, 0.3) is 11.1 Å². The molecular formula is C27H34N2O5. The summed E-state index contributed by atoms with van der Waals surface area (Å²) in [5, 5.41) is 14.9. The molecule has 3 N–H and O–H groups in total. The van der Waals surface area contributed by atoms with E-state index in [0.717, 1.165) is 0 Å². The molecule has 34 heavy (non-hydrogen) atoms. The predicted molar refractivity (Wildman–Crippen MR) is 130 cm³/mol. The molecule has 0 fully saturated rings. The van der Waals surface area contributed by atoms with Crippen molar-refractivity contribution in [2.45, 2.75) is 52.0 Å². The average molecular weight is 467 g/mol. The van der Waals surface area contributed by atoms with Crippen LogP contribution in [0.15, 0.2) is 48.5 Å². The molecule has 182 valence electrons. The SMILES string of the molecule is CC(C)C(C(=O)O)C(C)NC(=O)CCCCNC(=O)OCC1c2ccccc2-c2ccccc21. The Hall–Kier alpha value is -3.35. The first kappa shape index (κ1) is 25.3. The summed E-state index contributed by atoms with van der Waals surface area (Å²) in [4.78, 5) is 35.7. The van der Waals surface area contributed by atoms with Crippen molar-refractivity contribution in [3.63, 3.8) is 0 Å². The van der Waals surface area contributed by atoms with Crippen molar-refractivity contribution < 1.29 is 24.2 Å². The average Bonchev–Trinajstić information content (AvgIpc) is 3.10. The van der Waals surface area contributed by atoms with Gasteiger partial charge in [0.15, 0.2) is 0 Å². The molecule has 0 aromatic heterocycles. The number of fused-ring (bicyclic) bond motifs is 3. The number of rotatable bonds is 11. The monoisotopic (exact) mass is 466 g/mol. The highest BCUT2D eigenvalue weighted by Gasteiger charge is 2.30. The highest BCUT2D eigenvalue weighted by molar-refractivity contribution is 5.79. The zero-order valence-corrected chi connectivity index (χ0v) is 20.0. The summed E-state index contributed by atoms with van der Waals surface area (Å²) < 4.78 is 5.51. The number of hydrogen-bond donors (Lipinski definition) is 3. The Balaban J connectivity index is 1.37. The molecule has 2 atom stereocenters. The van der Waals surface area contributed by atoms with Crippen LogP contribution < -0.4 is 10.6 Å². The topological polar surface area (TPSA) is 105 Å². The molecule has 0 saturated heterocycles. The molecular weight excluding hydrogens is 432 g/mol. The summed E-state index contributed by atoms with van der Waals surface area (Å²) in [6.07, 6.45) is 1.02. The lowest BCUT2D eigenvalue weighted by molar-refractivity contribution is -0.144. The number of carbonyl (C=O) groups excluding carboxylic acids is 2.